The summed E-state index contributed by atoms with van der Waals surface area (Å²) in [5, 5.41) is 4.65. The zero-order valence-electron chi connectivity index (χ0n) is 23.2. The lowest BCUT2D eigenvalue weighted by Crippen LogP contribution is -2.37. The minimum atomic E-state index is -0.443. The van der Waals surface area contributed by atoms with E-state index in [1.807, 2.05) is 24.4 Å². The standard InChI is InChI=1S/C34H38N2O3/c1-4-21-13-14-24(20(3)17-21)22-18-29-32(30(37)19-22)31(26-11-8-12-28-25(26)15-16-35-28)33(27(5-2)36-29)34(38)39-23-9-6-7-10-23/h8,11-17,22-23,31,35-36H,4-7,9-10,18-19H2,1-3H3. The zero-order valence-corrected chi connectivity index (χ0v) is 23.2. The van der Waals surface area contributed by atoms with Crippen LogP contribution in [0.15, 0.2) is 71.2 Å². The fraction of sp³-hybridized carbons (Fsp3) is 0.412. The maximum absolute atomic E-state index is 14.1. The normalized spacial score (nSPS) is 21.9. The van der Waals surface area contributed by atoms with Crippen LogP contribution < -0.4 is 5.32 Å². The molecule has 5 nitrogen and oxygen atoms in total. The molecule has 0 spiro atoms. The Bertz CT molecular complexity index is 1500. The molecule has 0 amide bonds. The molecule has 2 N–H and O–H groups in total. The third-order valence-corrected chi connectivity index (χ3v) is 8.98. The smallest absolute Gasteiger partial charge is 0.337 e. The monoisotopic (exact) mass is 522 g/mol. The molecule has 5 heteroatoms. The second-order valence-corrected chi connectivity index (χ2v) is 11.4. The molecule has 1 fully saturated rings. The molecule has 39 heavy (non-hydrogen) atoms. The van der Waals surface area contributed by atoms with Crippen molar-refractivity contribution in [1.82, 2.24) is 10.3 Å². The van der Waals surface area contributed by atoms with E-state index in [0.29, 0.717) is 18.4 Å². The van der Waals surface area contributed by atoms with Gasteiger partial charge in [-0.05, 0) is 92.2 Å². The van der Waals surface area contributed by atoms with Gasteiger partial charge in [-0.1, -0.05) is 44.2 Å². The fourth-order valence-corrected chi connectivity index (χ4v) is 7.00. The molecular formula is C34H38N2O3. The summed E-state index contributed by atoms with van der Waals surface area (Å²) in [5.74, 6) is -0.493. The molecule has 0 radical (unpaired) electrons. The number of carbonyl (C=O) groups excluding carboxylic acids is 2. The first-order chi connectivity index (χ1) is 19.0. The molecule has 1 aliphatic heterocycles. The number of allylic oxidation sites excluding steroid dienone is 3. The van der Waals surface area contributed by atoms with Gasteiger partial charge >= 0.3 is 5.97 Å². The average Bonchev–Trinajstić information content (AvgIpc) is 3.64. The third-order valence-electron chi connectivity index (χ3n) is 8.98. The van der Waals surface area contributed by atoms with Crippen LogP contribution in [0.2, 0.25) is 0 Å². The highest BCUT2D eigenvalue weighted by Gasteiger charge is 2.43. The number of Topliss-reactive ketones (excluding diaryl/α,β-unsaturated/α-hetero) is 1. The number of aromatic nitrogens is 1. The zero-order chi connectivity index (χ0) is 27.1. The summed E-state index contributed by atoms with van der Waals surface area (Å²) in [5.41, 5.74) is 8.97. The molecule has 2 aromatic carbocycles. The summed E-state index contributed by atoms with van der Waals surface area (Å²) < 4.78 is 6.09. The van der Waals surface area contributed by atoms with Gasteiger partial charge in [0.25, 0.3) is 0 Å². The van der Waals surface area contributed by atoms with E-state index in [4.69, 9.17) is 4.74 Å². The molecule has 3 aliphatic rings. The summed E-state index contributed by atoms with van der Waals surface area (Å²) in [6.07, 6.45) is 8.75. The van der Waals surface area contributed by atoms with Gasteiger partial charge in [-0.25, -0.2) is 4.79 Å². The van der Waals surface area contributed by atoms with Gasteiger partial charge in [0, 0.05) is 46.4 Å². The van der Waals surface area contributed by atoms with Crippen molar-refractivity contribution < 1.29 is 14.3 Å². The maximum atomic E-state index is 14.1. The number of H-pyrrole nitrogens is 1. The van der Waals surface area contributed by atoms with E-state index in [-0.39, 0.29) is 23.8 Å². The van der Waals surface area contributed by atoms with Crippen LogP contribution in [-0.4, -0.2) is 22.8 Å². The van der Waals surface area contributed by atoms with Crippen LogP contribution in [0, 0.1) is 6.92 Å². The molecule has 2 aliphatic carbocycles. The Hall–Kier alpha value is -3.60. The first-order valence-electron chi connectivity index (χ1n) is 14.6. The maximum Gasteiger partial charge on any atom is 0.337 e. The molecule has 0 saturated heterocycles. The second kappa shape index (κ2) is 10.5. The molecule has 1 aromatic heterocycles. The molecule has 0 bridgehead atoms. The number of nitrogens with one attached hydrogen (secondary N) is 2. The highest BCUT2D eigenvalue weighted by atomic mass is 16.5. The number of esters is 1. The van der Waals surface area contributed by atoms with Crippen LogP contribution in [0.25, 0.3) is 10.9 Å². The lowest BCUT2D eigenvalue weighted by Gasteiger charge is -2.38. The van der Waals surface area contributed by atoms with E-state index >= 15 is 0 Å². The van der Waals surface area contributed by atoms with Crippen LogP contribution in [0.4, 0.5) is 0 Å². The first-order valence-corrected chi connectivity index (χ1v) is 14.6. The van der Waals surface area contributed by atoms with Gasteiger partial charge < -0.3 is 15.0 Å². The SMILES string of the molecule is CCC1=C(C(=O)OC2CCCC2)C(c2cccc3[nH]ccc23)C2=C(CC(c3ccc(CC)cc3C)CC2=O)N1. The quantitative estimate of drug-likeness (QED) is 0.334. The molecule has 6 rings (SSSR count). The number of benzene rings is 2. The van der Waals surface area contributed by atoms with Crippen LogP contribution in [-0.2, 0) is 20.7 Å². The van der Waals surface area contributed by atoms with Crippen molar-refractivity contribution >= 4 is 22.7 Å². The number of hydrogen-bond donors (Lipinski definition) is 2. The average molecular weight is 523 g/mol. The highest BCUT2D eigenvalue weighted by molar-refractivity contribution is 6.05. The van der Waals surface area contributed by atoms with E-state index in [9.17, 15) is 9.59 Å². The van der Waals surface area contributed by atoms with Gasteiger partial charge in [0.15, 0.2) is 5.78 Å². The summed E-state index contributed by atoms with van der Waals surface area (Å²) in [6.45, 7) is 6.39. The van der Waals surface area contributed by atoms with E-state index < -0.39 is 5.92 Å². The highest BCUT2D eigenvalue weighted by Crippen LogP contribution is 2.48. The Kier molecular flexibility index (Phi) is 6.92. The lowest BCUT2D eigenvalue weighted by molar-refractivity contribution is -0.144. The predicted molar refractivity (Wildman–Crippen MR) is 154 cm³/mol. The van der Waals surface area contributed by atoms with Gasteiger partial charge in [-0.3, -0.25) is 4.79 Å². The van der Waals surface area contributed by atoms with Crippen molar-refractivity contribution in [1.29, 1.82) is 0 Å². The Morgan fingerprint density at radius 1 is 1.00 bits per heavy atom. The summed E-state index contributed by atoms with van der Waals surface area (Å²) in [6, 6.07) is 14.8. The van der Waals surface area contributed by atoms with Gasteiger partial charge in [0.2, 0.25) is 0 Å². The molecule has 1 saturated carbocycles. The lowest BCUT2D eigenvalue weighted by atomic mass is 9.70. The fourth-order valence-electron chi connectivity index (χ4n) is 7.00. The van der Waals surface area contributed by atoms with Gasteiger partial charge in [-0.15, -0.1) is 0 Å². The Labute approximate surface area is 230 Å². The number of ketones is 1. The summed E-state index contributed by atoms with van der Waals surface area (Å²) in [4.78, 5) is 31.3. The van der Waals surface area contributed by atoms with E-state index in [2.05, 4.69) is 55.3 Å². The van der Waals surface area contributed by atoms with Crippen molar-refractivity contribution in [3.05, 3.63) is 93.5 Å². The number of dihydropyridines is 1. The largest absolute Gasteiger partial charge is 0.459 e. The number of carbonyl (C=O) groups is 2. The third kappa shape index (κ3) is 4.62. The topological polar surface area (TPSA) is 71.2 Å². The minimum absolute atomic E-state index is 0.0392. The van der Waals surface area contributed by atoms with Gasteiger partial charge in [-0.2, -0.15) is 0 Å². The minimum Gasteiger partial charge on any atom is -0.459 e. The molecule has 2 heterocycles. The number of rotatable bonds is 6. The molecule has 2 unspecified atom stereocenters. The van der Waals surface area contributed by atoms with E-state index in [1.54, 1.807) is 0 Å². The Morgan fingerprint density at radius 2 is 1.82 bits per heavy atom. The van der Waals surface area contributed by atoms with Crippen LogP contribution >= 0.6 is 0 Å². The molecule has 3 aromatic rings. The Morgan fingerprint density at radius 3 is 2.56 bits per heavy atom. The molecule has 2 atom stereocenters. The van der Waals surface area contributed by atoms with Crippen molar-refractivity contribution in [3.8, 4) is 0 Å². The number of hydrogen-bond acceptors (Lipinski definition) is 4. The number of fused-ring (bicyclic) bond motifs is 1. The summed E-state index contributed by atoms with van der Waals surface area (Å²) in [7, 11) is 0. The molecular weight excluding hydrogens is 484 g/mol. The van der Waals surface area contributed by atoms with Crippen LogP contribution in [0.3, 0.4) is 0 Å². The van der Waals surface area contributed by atoms with Gasteiger partial charge in [0.05, 0.1) is 5.57 Å². The number of ether oxygens (including phenoxy) is 1. The number of aryl methyl sites for hydroxylation is 2. The molecule has 202 valence electrons. The van der Waals surface area contributed by atoms with Crippen molar-refractivity contribution in [2.24, 2.45) is 0 Å². The van der Waals surface area contributed by atoms with Crippen molar-refractivity contribution in [2.75, 3.05) is 0 Å². The Balaban J connectivity index is 1.46. The second-order valence-electron chi connectivity index (χ2n) is 11.4. The number of aromatic amines is 1. The first kappa shape index (κ1) is 25.7. The van der Waals surface area contributed by atoms with Crippen LogP contribution in [0.5, 0.6) is 0 Å². The van der Waals surface area contributed by atoms with Crippen molar-refractivity contribution in [2.45, 2.75) is 90.1 Å². The van der Waals surface area contributed by atoms with Crippen LogP contribution in [0.1, 0.15) is 92.9 Å². The van der Waals surface area contributed by atoms with E-state index in [1.165, 1.54) is 16.7 Å². The van der Waals surface area contributed by atoms with Crippen molar-refractivity contribution in [3.63, 3.8) is 0 Å². The summed E-state index contributed by atoms with van der Waals surface area (Å²) >= 11 is 0. The predicted octanol–water partition coefficient (Wildman–Crippen LogP) is 7.28. The van der Waals surface area contributed by atoms with E-state index in [0.717, 1.165) is 72.0 Å². The van der Waals surface area contributed by atoms with Gasteiger partial charge in [0.1, 0.15) is 6.10 Å².